The van der Waals surface area contributed by atoms with Gasteiger partial charge in [-0.15, -0.1) is 0 Å². The number of benzene rings is 2. The SMILES string of the molecule is CO[C@@]1(CC(=O)N2CCC(C)CC2)/C=C/C[C@H](C)[C@@H](C)S(=O)(=O)NC(=O)c2ccc3c(c2)N(CCCCc2cc(Cl)ccc2CO3)C[C@@H]2CC[C@H]21. The number of aryl methyl sites for hydroxylation is 1. The summed E-state index contributed by atoms with van der Waals surface area (Å²) >= 11 is 6.38. The molecule has 0 radical (unpaired) electrons. The van der Waals surface area contributed by atoms with Crippen LogP contribution in [0.15, 0.2) is 48.6 Å². The van der Waals surface area contributed by atoms with Crippen LogP contribution >= 0.6 is 11.6 Å². The number of likely N-dealkylation sites (tertiary alicyclic amines) is 1. The van der Waals surface area contributed by atoms with E-state index in [0.717, 1.165) is 74.8 Å². The van der Waals surface area contributed by atoms with Crippen LogP contribution in [0.5, 0.6) is 5.75 Å². The number of carbonyl (C=O) groups excluding carboxylic acids is 2. The molecule has 3 heterocycles. The standard InChI is InChI=1S/C40H54ClN3O6S/c1-27-16-20-43(21-17-27)38(45)24-40(49-4)18-7-8-28(2)29(3)51(47,48)42-39(46)31-12-15-37-36(23-31)44(25-32-11-14-35(32)40)19-6-5-9-30-22-34(41)13-10-33(30)26-50-37/h7,10,12-13,15,18,22-23,27-29,32,35H,5-6,8-9,11,14,16-17,19-21,24-26H2,1-4H3,(H,42,46)/b18-7+/t28-,29+,32-,35+,40+/m0/s1. The third kappa shape index (κ3) is 8.44. The Balaban J connectivity index is 1.39. The van der Waals surface area contributed by atoms with Crippen molar-refractivity contribution in [3.05, 3.63) is 70.3 Å². The van der Waals surface area contributed by atoms with Gasteiger partial charge in [0.25, 0.3) is 5.91 Å². The maximum absolute atomic E-state index is 14.0. The van der Waals surface area contributed by atoms with E-state index >= 15 is 0 Å². The normalized spacial score (nSPS) is 29.6. The number of piperidine rings is 1. The van der Waals surface area contributed by atoms with Gasteiger partial charge in [-0.3, -0.25) is 9.59 Å². The lowest BCUT2D eigenvalue weighted by Crippen LogP contribution is -2.53. The van der Waals surface area contributed by atoms with E-state index in [1.165, 1.54) is 0 Å². The van der Waals surface area contributed by atoms with E-state index in [9.17, 15) is 18.0 Å². The molecule has 51 heavy (non-hydrogen) atoms. The second-order valence-electron chi connectivity index (χ2n) is 15.4. The number of ether oxygens (including phenoxy) is 2. The second kappa shape index (κ2) is 15.9. The van der Waals surface area contributed by atoms with Crippen LogP contribution in [0.25, 0.3) is 0 Å². The molecule has 278 valence electrons. The number of nitrogens with one attached hydrogen (secondary N) is 1. The predicted octanol–water partition coefficient (Wildman–Crippen LogP) is 7.17. The molecule has 4 aliphatic rings. The van der Waals surface area contributed by atoms with E-state index in [1.807, 2.05) is 36.1 Å². The number of methoxy groups -OCH3 is 1. The molecule has 1 saturated carbocycles. The molecule has 11 heteroatoms. The second-order valence-corrected chi connectivity index (χ2v) is 17.9. The number of hydrogen-bond donors (Lipinski definition) is 1. The van der Waals surface area contributed by atoms with E-state index in [4.69, 9.17) is 21.1 Å². The molecule has 1 aliphatic carbocycles. The monoisotopic (exact) mass is 739 g/mol. The Morgan fingerprint density at radius 1 is 1.02 bits per heavy atom. The number of anilines is 1. The summed E-state index contributed by atoms with van der Waals surface area (Å²) in [7, 11) is -2.29. The fraction of sp³-hybridized carbons (Fsp3) is 0.600. The first-order valence-corrected chi connectivity index (χ1v) is 20.7. The summed E-state index contributed by atoms with van der Waals surface area (Å²) in [6, 6.07) is 11.1. The molecule has 1 N–H and O–H groups in total. The number of amides is 2. The molecule has 0 unspecified atom stereocenters. The summed E-state index contributed by atoms with van der Waals surface area (Å²) in [4.78, 5) is 31.8. The number of sulfonamides is 1. The van der Waals surface area contributed by atoms with E-state index in [0.29, 0.717) is 42.8 Å². The van der Waals surface area contributed by atoms with Crippen LogP contribution in [0.1, 0.15) is 93.6 Å². The zero-order valence-electron chi connectivity index (χ0n) is 30.5. The first kappa shape index (κ1) is 37.7. The van der Waals surface area contributed by atoms with Gasteiger partial charge in [0.15, 0.2) is 0 Å². The minimum atomic E-state index is -4.00. The molecule has 2 fully saturated rings. The van der Waals surface area contributed by atoms with Gasteiger partial charge in [0.2, 0.25) is 15.9 Å². The van der Waals surface area contributed by atoms with Crippen molar-refractivity contribution in [3.8, 4) is 5.75 Å². The van der Waals surface area contributed by atoms with Gasteiger partial charge in [-0.2, -0.15) is 0 Å². The van der Waals surface area contributed by atoms with Gasteiger partial charge in [0.1, 0.15) is 12.4 Å². The van der Waals surface area contributed by atoms with Crippen molar-refractivity contribution in [2.75, 3.05) is 38.2 Å². The number of nitrogens with zero attached hydrogens (tertiary/aromatic N) is 2. The summed E-state index contributed by atoms with van der Waals surface area (Å²) in [6.07, 6.45) is 11.4. The fourth-order valence-corrected chi connectivity index (χ4v) is 9.75. The molecule has 3 aliphatic heterocycles. The molecule has 2 bridgehead atoms. The van der Waals surface area contributed by atoms with E-state index in [2.05, 4.69) is 22.6 Å². The highest BCUT2D eigenvalue weighted by Gasteiger charge is 2.49. The van der Waals surface area contributed by atoms with E-state index in [1.54, 1.807) is 32.2 Å². The Hall–Kier alpha value is -3.08. The van der Waals surface area contributed by atoms with Gasteiger partial charge in [0.05, 0.1) is 23.0 Å². The van der Waals surface area contributed by atoms with Crippen molar-refractivity contribution in [2.45, 2.75) is 96.0 Å². The van der Waals surface area contributed by atoms with Crippen molar-refractivity contribution in [2.24, 2.45) is 23.7 Å². The Bertz CT molecular complexity index is 1720. The van der Waals surface area contributed by atoms with Gasteiger partial charge in [-0.1, -0.05) is 43.7 Å². The van der Waals surface area contributed by atoms with Crippen LogP contribution < -0.4 is 14.4 Å². The molecule has 0 aromatic heterocycles. The summed E-state index contributed by atoms with van der Waals surface area (Å²) in [6.45, 7) is 9.02. The zero-order chi connectivity index (χ0) is 36.3. The quantitative estimate of drug-likeness (QED) is 0.333. The summed E-state index contributed by atoms with van der Waals surface area (Å²) in [5.41, 5.74) is 2.42. The van der Waals surface area contributed by atoms with Crippen molar-refractivity contribution in [1.29, 1.82) is 0 Å². The number of fused-ring (bicyclic) bond motifs is 3. The van der Waals surface area contributed by atoms with Gasteiger partial charge in [-0.05, 0) is 123 Å². The Morgan fingerprint density at radius 3 is 2.53 bits per heavy atom. The largest absolute Gasteiger partial charge is 0.487 e. The van der Waals surface area contributed by atoms with E-state index in [-0.39, 0.29) is 35.6 Å². The molecule has 2 amide bonds. The van der Waals surface area contributed by atoms with Crippen LogP contribution in [0.4, 0.5) is 5.69 Å². The number of rotatable bonds is 3. The Morgan fingerprint density at radius 2 is 1.80 bits per heavy atom. The molecule has 6 rings (SSSR count). The Labute approximate surface area is 309 Å². The molecule has 1 saturated heterocycles. The molecular formula is C40H54ClN3O6S. The average molecular weight is 740 g/mol. The molecule has 5 atom stereocenters. The van der Waals surface area contributed by atoms with Crippen molar-refractivity contribution in [3.63, 3.8) is 0 Å². The number of carbonyl (C=O) groups is 2. The average Bonchev–Trinajstić information content (AvgIpc) is 3.12. The fourth-order valence-electron chi connectivity index (χ4n) is 8.27. The van der Waals surface area contributed by atoms with Gasteiger partial charge < -0.3 is 19.3 Å². The number of halogens is 1. The highest BCUT2D eigenvalue weighted by molar-refractivity contribution is 7.90. The van der Waals surface area contributed by atoms with Crippen LogP contribution in [-0.4, -0.2) is 69.3 Å². The highest BCUT2D eigenvalue weighted by atomic mass is 35.5. The van der Waals surface area contributed by atoms with E-state index < -0.39 is 26.8 Å². The van der Waals surface area contributed by atoms with Gasteiger partial charge in [-0.25, -0.2) is 13.1 Å². The molecule has 2 aromatic carbocycles. The van der Waals surface area contributed by atoms with Crippen LogP contribution in [0, 0.1) is 23.7 Å². The van der Waals surface area contributed by atoms with Crippen molar-refractivity contribution >= 4 is 39.1 Å². The molecule has 0 spiro atoms. The topological polar surface area (TPSA) is 105 Å². The highest BCUT2D eigenvalue weighted by Crippen LogP contribution is 2.48. The number of allylic oxidation sites excluding steroid dienone is 1. The number of hydrogen-bond acceptors (Lipinski definition) is 7. The lowest BCUT2D eigenvalue weighted by atomic mass is 9.63. The smallest absolute Gasteiger partial charge is 0.264 e. The molecular weight excluding hydrogens is 686 g/mol. The lowest BCUT2D eigenvalue weighted by Gasteiger charge is -2.50. The third-order valence-corrected chi connectivity index (χ3v) is 14.3. The first-order chi connectivity index (χ1) is 24.4. The van der Waals surface area contributed by atoms with Gasteiger partial charge >= 0.3 is 0 Å². The molecule has 9 nitrogen and oxygen atoms in total. The summed E-state index contributed by atoms with van der Waals surface area (Å²) in [5.74, 6) is 0.709. The first-order valence-electron chi connectivity index (χ1n) is 18.7. The zero-order valence-corrected chi connectivity index (χ0v) is 32.1. The third-order valence-electron chi connectivity index (χ3n) is 12.1. The predicted molar refractivity (Wildman–Crippen MR) is 202 cm³/mol. The molecule has 2 aromatic rings. The minimum Gasteiger partial charge on any atom is -0.487 e. The summed E-state index contributed by atoms with van der Waals surface area (Å²) in [5, 5.41) is -0.137. The minimum absolute atomic E-state index is 0.0798. The lowest BCUT2D eigenvalue weighted by molar-refractivity contribution is -0.144. The van der Waals surface area contributed by atoms with Crippen LogP contribution in [0.2, 0.25) is 5.02 Å². The maximum Gasteiger partial charge on any atom is 0.264 e. The van der Waals surface area contributed by atoms with Crippen molar-refractivity contribution < 1.29 is 27.5 Å². The van der Waals surface area contributed by atoms with Crippen LogP contribution in [0.3, 0.4) is 0 Å². The Kier molecular flexibility index (Phi) is 11.7. The van der Waals surface area contributed by atoms with Crippen LogP contribution in [-0.2, 0) is 32.6 Å². The maximum atomic E-state index is 14.0. The van der Waals surface area contributed by atoms with Gasteiger partial charge in [0, 0.05) is 43.9 Å². The summed E-state index contributed by atoms with van der Waals surface area (Å²) < 4.78 is 42.4. The van der Waals surface area contributed by atoms with Crippen molar-refractivity contribution in [1.82, 2.24) is 9.62 Å².